The Kier molecular flexibility index (Phi) is 5.79. The number of anilines is 1. The Morgan fingerprint density at radius 2 is 2.10 bits per heavy atom. The van der Waals surface area contributed by atoms with E-state index in [1.807, 2.05) is 6.92 Å². The van der Waals surface area contributed by atoms with Crippen LogP contribution in [0.4, 0.5) is 18.9 Å². The first-order valence-corrected chi connectivity index (χ1v) is 6.43. The van der Waals surface area contributed by atoms with Crippen LogP contribution in [0.5, 0.6) is 0 Å². The Hall–Kier alpha value is -1.79. The largest absolute Gasteiger partial charge is 0.406 e. The van der Waals surface area contributed by atoms with E-state index < -0.39 is 18.6 Å². The average molecular weight is 289 g/mol. The van der Waals surface area contributed by atoms with E-state index in [9.17, 15) is 18.0 Å². The highest BCUT2D eigenvalue weighted by Gasteiger charge is 2.33. The summed E-state index contributed by atoms with van der Waals surface area (Å²) < 4.78 is 37.3. The summed E-state index contributed by atoms with van der Waals surface area (Å²) in [5, 5.41) is 3.02. The average Bonchev–Trinajstić information content (AvgIpc) is 2.41. The number of aromatic nitrogens is 1. The minimum atomic E-state index is -4.41. The Morgan fingerprint density at radius 3 is 2.65 bits per heavy atom. The molecule has 1 aromatic heterocycles. The molecule has 7 heteroatoms. The topological polar surface area (TPSA) is 45.2 Å². The van der Waals surface area contributed by atoms with Gasteiger partial charge in [-0.15, -0.1) is 0 Å². The van der Waals surface area contributed by atoms with Gasteiger partial charge in [0.25, 0.3) is 5.91 Å². The SMILES string of the molecule is CCCNc1ccncc1C(=O)N(CC)CC(F)(F)F. The standard InChI is InChI=1S/C13H18F3N3O/c1-3-6-18-11-5-7-17-8-10(11)12(20)19(4-2)9-13(14,15)16/h5,7-8H,3-4,6,9H2,1-2H3,(H,17,18). The summed E-state index contributed by atoms with van der Waals surface area (Å²) in [4.78, 5) is 16.8. The first kappa shape index (κ1) is 16.3. The van der Waals surface area contributed by atoms with Gasteiger partial charge in [0.2, 0.25) is 0 Å². The highest BCUT2D eigenvalue weighted by Crippen LogP contribution is 2.20. The van der Waals surface area contributed by atoms with Crippen molar-refractivity contribution in [2.75, 3.05) is 25.0 Å². The molecule has 112 valence electrons. The molecule has 0 spiro atoms. The van der Waals surface area contributed by atoms with Crippen LogP contribution < -0.4 is 5.32 Å². The smallest absolute Gasteiger partial charge is 0.384 e. The maximum atomic E-state index is 12.4. The van der Waals surface area contributed by atoms with E-state index in [2.05, 4.69) is 10.3 Å². The van der Waals surface area contributed by atoms with E-state index in [1.165, 1.54) is 19.3 Å². The molecule has 0 unspecified atom stereocenters. The fourth-order valence-corrected chi connectivity index (χ4v) is 1.69. The van der Waals surface area contributed by atoms with Gasteiger partial charge in [-0.25, -0.2) is 0 Å². The van der Waals surface area contributed by atoms with Crippen LogP contribution in [-0.4, -0.2) is 41.6 Å². The molecule has 0 aliphatic rings. The molecule has 0 aliphatic heterocycles. The minimum Gasteiger partial charge on any atom is -0.384 e. The fraction of sp³-hybridized carbons (Fsp3) is 0.538. The first-order chi connectivity index (χ1) is 9.39. The van der Waals surface area contributed by atoms with Crippen molar-refractivity contribution in [1.29, 1.82) is 0 Å². The summed E-state index contributed by atoms with van der Waals surface area (Å²) in [7, 11) is 0. The van der Waals surface area contributed by atoms with E-state index in [-0.39, 0.29) is 12.1 Å². The number of nitrogens with one attached hydrogen (secondary N) is 1. The molecule has 0 aliphatic carbocycles. The number of carbonyl (C=O) groups excluding carboxylic acids is 1. The maximum absolute atomic E-state index is 12.4. The van der Waals surface area contributed by atoms with Crippen molar-refractivity contribution in [2.24, 2.45) is 0 Å². The van der Waals surface area contributed by atoms with Gasteiger partial charge in [-0.3, -0.25) is 9.78 Å². The van der Waals surface area contributed by atoms with Crippen molar-refractivity contribution >= 4 is 11.6 Å². The second-order valence-corrected chi connectivity index (χ2v) is 4.28. The molecule has 0 atom stereocenters. The fourth-order valence-electron chi connectivity index (χ4n) is 1.69. The second-order valence-electron chi connectivity index (χ2n) is 4.28. The zero-order valence-corrected chi connectivity index (χ0v) is 11.5. The third-order valence-electron chi connectivity index (χ3n) is 2.66. The molecule has 20 heavy (non-hydrogen) atoms. The summed E-state index contributed by atoms with van der Waals surface area (Å²) in [6.07, 6.45) is -0.783. The number of amides is 1. The quantitative estimate of drug-likeness (QED) is 0.875. The zero-order valence-electron chi connectivity index (χ0n) is 11.5. The first-order valence-electron chi connectivity index (χ1n) is 6.43. The number of nitrogens with zero attached hydrogens (tertiary/aromatic N) is 2. The van der Waals surface area contributed by atoms with E-state index in [1.54, 1.807) is 6.07 Å². The molecule has 0 fully saturated rings. The Bertz CT molecular complexity index is 449. The van der Waals surface area contributed by atoms with Crippen LogP contribution in [0.15, 0.2) is 18.5 Å². The second kappa shape index (κ2) is 7.12. The molecular weight excluding hydrogens is 271 g/mol. The van der Waals surface area contributed by atoms with Crippen molar-refractivity contribution in [3.05, 3.63) is 24.0 Å². The number of hydrogen-bond acceptors (Lipinski definition) is 3. The van der Waals surface area contributed by atoms with Crippen LogP contribution in [0.3, 0.4) is 0 Å². The number of carbonyl (C=O) groups is 1. The van der Waals surface area contributed by atoms with Crippen LogP contribution in [0.2, 0.25) is 0 Å². The van der Waals surface area contributed by atoms with Crippen molar-refractivity contribution in [1.82, 2.24) is 9.88 Å². The molecule has 1 rings (SSSR count). The lowest BCUT2D eigenvalue weighted by Crippen LogP contribution is -2.39. The van der Waals surface area contributed by atoms with Crippen molar-refractivity contribution in [2.45, 2.75) is 26.4 Å². The van der Waals surface area contributed by atoms with Gasteiger partial charge in [-0.1, -0.05) is 6.92 Å². The number of halogens is 3. The van der Waals surface area contributed by atoms with Gasteiger partial charge in [0.05, 0.1) is 11.3 Å². The third-order valence-corrected chi connectivity index (χ3v) is 2.66. The van der Waals surface area contributed by atoms with Crippen LogP contribution >= 0.6 is 0 Å². The van der Waals surface area contributed by atoms with Crippen molar-refractivity contribution in [3.63, 3.8) is 0 Å². The van der Waals surface area contributed by atoms with E-state index in [0.717, 1.165) is 11.3 Å². The van der Waals surface area contributed by atoms with Crippen LogP contribution in [0, 0.1) is 0 Å². The van der Waals surface area contributed by atoms with E-state index in [4.69, 9.17) is 0 Å². The van der Waals surface area contributed by atoms with Gasteiger partial charge in [0, 0.05) is 25.5 Å². The highest BCUT2D eigenvalue weighted by molar-refractivity contribution is 5.99. The normalized spacial score (nSPS) is 11.2. The van der Waals surface area contributed by atoms with Gasteiger partial charge < -0.3 is 10.2 Å². The van der Waals surface area contributed by atoms with Gasteiger partial charge >= 0.3 is 6.18 Å². The number of alkyl halides is 3. The van der Waals surface area contributed by atoms with Crippen LogP contribution in [-0.2, 0) is 0 Å². The van der Waals surface area contributed by atoms with Crippen molar-refractivity contribution < 1.29 is 18.0 Å². The van der Waals surface area contributed by atoms with E-state index >= 15 is 0 Å². The molecule has 0 saturated heterocycles. The summed E-state index contributed by atoms with van der Waals surface area (Å²) >= 11 is 0. The lowest BCUT2D eigenvalue weighted by molar-refractivity contribution is -0.140. The number of hydrogen-bond donors (Lipinski definition) is 1. The molecule has 1 amide bonds. The summed E-state index contributed by atoms with van der Waals surface area (Å²) in [6, 6.07) is 1.59. The summed E-state index contributed by atoms with van der Waals surface area (Å²) in [6.45, 7) is 2.83. The van der Waals surface area contributed by atoms with Crippen LogP contribution in [0.1, 0.15) is 30.6 Å². The predicted molar refractivity (Wildman–Crippen MR) is 70.7 cm³/mol. The van der Waals surface area contributed by atoms with Crippen LogP contribution in [0.25, 0.3) is 0 Å². The molecule has 1 N–H and O–H groups in total. The minimum absolute atomic E-state index is 0.0134. The molecule has 0 saturated carbocycles. The Balaban J connectivity index is 2.94. The van der Waals surface area contributed by atoms with Gasteiger partial charge in [-0.2, -0.15) is 13.2 Å². The lowest BCUT2D eigenvalue weighted by atomic mass is 10.2. The Morgan fingerprint density at radius 1 is 1.40 bits per heavy atom. The third kappa shape index (κ3) is 4.71. The summed E-state index contributed by atoms with van der Waals surface area (Å²) in [5.74, 6) is -0.670. The molecule has 1 aromatic rings. The number of rotatable bonds is 6. The zero-order chi connectivity index (χ0) is 15.2. The lowest BCUT2D eigenvalue weighted by Gasteiger charge is -2.23. The predicted octanol–water partition coefficient (Wildman–Crippen LogP) is 2.93. The molecular formula is C13H18F3N3O. The van der Waals surface area contributed by atoms with Gasteiger partial charge in [-0.05, 0) is 19.4 Å². The molecule has 1 heterocycles. The Labute approximate surface area is 116 Å². The highest BCUT2D eigenvalue weighted by atomic mass is 19.4. The van der Waals surface area contributed by atoms with Gasteiger partial charge in [0.1, 0.15) is 6.54 Å². The summed E-state index contributed by atoms with van der Waals surface area (Å²) in [5.41, 5.74) is 0.666. The van der Waals surface area contributed by atoms with E-state index in [0.29, 0.717) is 12.2 Å². The monoisotopic (exact) mass is 289 g/mol. The molecule has 4 nitrogen and oxygen atoms in total. The molecule has 0 aromatic carbocycles. The molecule has 0 bridgehead atoms. The molecule has 0 radical (unpaired) electrons. The van der Waals surface area contributed by atoms with Gasteiger partial charge in [0.15, 0.2) is 0 Å². The number of pyridine rings is 1. The van der Waals surface area contributed by atoms with Crippen molar-refractivity contribution in [3.8, 4) is 0 Å². The maximum Gasteiger partial charge on any atom is 0.406 e.